The number of nitrogens with zero attached hydrogens (tertiary/aromatic N) is 1. The second kappa shape index (κ2) is 5.50. The molecule has 1 aliphatic heterocycles. The lowest BCUT2D eigenvalue weighted by atomic mass is 10.1. The summed E-state index contributed by atoms with van der Waals surface area (Å²) < 4.78 is 0. The van der Waals surface area contributed by atoms with Gasteiger partial charge >= 0.3 is 0 Å². The van der Waals surface area contributed by atoms with E-state index < -0.39 is 0 Å². The van der Waals surface area contributed by atoms with Crippen LogP contribution in [0, 0.1) is 0 Å². The van der Waals surface area contributed by atoms with Crippen LogP contribution in [0.4, 0.5) is 5.69 Å². The molecule has 0 aromatic heterocycles. The molecule has 0 unspecified atom stereocenters. The summed E-state index contributed by atoms with van der Waals surface area (Å²) in [5, 5.41) is 3.09. The number of hydrogen-bond acceptors (Lipinski definition) is 3. The van der Waals surface area contributed by atoms with E-state index in [2.05, 4.69) is 5.32 Å². The summed E-state index contributed by atoms with van der Waals surface area (Å²) in [4.78, 5) is 26.0. The third-order valence-electron chi connectivity index (χ3n) is 3.65. The molecular weight excluding hydrogens is 264 g/mol. The molecule has 2 amide bonds. The number of fused-ring (bicyclic) bond motifs is 1. The zero-order chi connectivity index (χ0) is 14.8. The number of anilines is 1. The van der Waals surface area contributed by atoms with E-state index in [9.17, 15) is 9.59 Å². The molecule has 2 aromatic rings. The number of amides is 2. The van der Waals surface area contributed by atoms with Gasteiger partial charge in [-0.3, -0.25) is 9.59 Å². The van der Waals surface area contributed by atoms with Crippen molar-refractivity contribution >= 4 is 17.5 Å². The van der Waals surface area contributed by atoms with Gasteiger partial charge in [-0.15, -0.1) is 0 Å². The monoisotopic (exact) mass is 280 g/mol. The van der Waals surface area contributed by atoms with Gasteiger partial charge in [0, 0.05) is 0 Å². The Bertz CT molecular complexity index is 657. The Morgan fingerprint density at radius 3 is 2.00 bits per heavy atom. The molecule has 1 aliphatic rings. The van der Waals surface area contributed by atoms with E-state index in [0.717, 1.165) is 13.0 Å². The van der Waals surface area contributed by atoms with Crippen molar-refractivity contribution in [3.8, 4) is 0 Å². The fourth-order valence-electron chi connectivity index (χ4n) is 2.50. The van der Waals surface area contributed by atoms with Crippen molar-refractivity contribution in [3.05, 3.63) is 65.2 Å². The summed E-state index contributed by atoms with van der Waals surface area (Å²) >= 11 is 0. The van der Waals surface area contributed by atoms with Gasteiger partial charge in [-0.25, -0.2) is 4.90 Å². The van der Waals surface area contributed by atoms with Gasteiger partial charge in [-0.2, -0.15) is 0 Å². The molecule has 0 spiro atoms. The number of nitrogens with one attached hydrogen (secondary N) is 1. The van der Waals surface area contributed by atoms with E-state index in [1.54, 1.807) is 24.3 Å². The first-order valence-electron chi connectivity index (χ1n) is 6.93. The lowest BCUT2D eigenvalue weighted by Crippen LogP contribution is -2.29. The molecule has 0 aliphatic carbocycles. The number of carbonyl (C=O) groups is 2. The fourth-order valence-corrected chi connectivity index (χ4v) is 2.50. The SMILES string of the molecule is CNCCc1ccc(N2C(=O)c3ccccc3C2=O)cc1. The van der Waals surface area contributed by atoms with E-state index in [-0.39, 0.29) is 11.8 Å². The maximum absolute atomic E-state index is 12.4. The van der Waals surface area contributed by atoms with Crippen LogP contribution in [0.2, 0.25) is 0 Å². The number of benzene rings is 2. The highest BCUT2D eigenvalue weighted by Gasteiger charge is 2.36. The third kappa shape index (κ3) is 2.34. The molecule has 2 aromatic carbocycles. The molecule has 0 saturated carbocycles. The summed E-state index contributed by atoms with van der Waals surface area (Å²) in [6, 6.07) is 14.5. The van der Waals surface area contributed by atoms with Crippen LogP contribution in [-0.2, 0) is 6.42 Å². The molecule has 106 valence electrons. The van der Waals surface area contributed by atoms with Crippen molar-refractivity contribution in [1.82, 2.24) is 5.32 Å². The largest absolute Gasteiger partial charge is 0.319 e. The summed E-state index contributed by atoms with van der Waals surface area (Å²) in [7, 11) is 1.91. The van der Waals surface area contributed by atoms with Gasteiger partial charge < -0.3 is 5.32 Å². The highest BCUT2D eigenvalue weighted by molar-refractivity contribution is 6.34. The van der Waals surface area contributed by atoms with Crippen molar-refractivity contribution in [2.75, 3.05) is 18.5 Å². The first-order valence-corrected chi connectivity index (χ1v) is 6.93. The zero-order valence-corrected chi connectivity index (χ0v) is 11.8. The van der Waals surface area contributed by atoms with Gasteiger partial charge in [0.1, 0.15) is 0 Å². The van der Waals surface area contributed by atoms with E-state index in [1.165, 1.54) is 10.5 Å². The quantitative estimate of drug-likeness (QED) is 0.874. The second-order valence-electron chi connectivity index (χ2n) is 5.01. The van der Waals surface area contributed by atoms with Gasteiger partial charge in [-0.05, 0) is 49.8 Å². The zero-order valence-electron chi connectivity index (χ0n) is 11.8. The molecule has 4 heteroatoms. The smallest absolute Gasteiger partial charge is 0.266 e. The van der Waals surface area contributed by atoms with Crippen LogP contribution >= 0.6 is 0 Å². The summed E-state index contributed by atoms with van der Waals surface area (Å²) in [5.41, 5.74) is 2.74. The van der Waals surface area contributed by atoms with Crippen molar-refractivity contribution in [3.63, 3.8) is 0 Å². The third-order valence-corrected chi connectivity index (χ3v) is 3.65. The Balaban J connectivity index is 1.88. The first-order chi connectivity index (χ1) is 10.2. The van der Waals surface area contributed by atoms with Gasteiger partial charge in [-0.1, -0.05) is 24.3 Å². The highest BCUT2D eigenvalue weighted by atomic mass is 16.2. The van der Waals surface area contributed by atoms with Crippen molar-refractivity contribution in [2.24, 2.45) is 0 Å². The minimum atomic E-state index is -0.251. The van der Waals surface area contributed by atoms with Crippen LogP contribution in [0.5, 0.6) is 0 Å². The molecule has 1 heterocycles. The van der Waals surface area contributed by atoms with Gasteiger partial charge in [0.15, 0.2) is 0 Å². The number of rotatable bonds is 4. The lowest BCUT2D eigenvalue weighted by molar-refractivity contribution is 0.0926. The Hall–Kier alpha value is -2.46. The molecule has 3 rings (SSSR count). The average Bonchev–Trinajstić information content (AvgIpc) is 2.78. The molecule has 4 nitrogen and oxygen atoms in total. The van der Waals surface area contributed by atoms with Crippen molar-refractivity contribution in [2.45, 2.75) is 6.42 Å². The maximum Gasteiger partial charge on any atom is 0.266 e. The van der Waals surface area contributed by atoms with Crippen molar-refractivity contribution in [1.29, 1.82) is 0 Å². The molecule has 0 saturated heterocycles. The predicted octanol–water partition coefficient (Wildman–Crippen LogP) is 2.25. The molecule has 0 atom stereocenters. The van der Waals surface area contributed by atoms with Crippen molar-refractivity contribution < 1.29 is 9.59 Å². The van der Waals surface area contributed by atoms with Crippen LogP contribution < -0.4 is 10.2 Å². The fraction of sp³-hybridized carbons (Fsp3) is 0.176. The van der Waals surface area contributed by atoms with E-state index >= 15 is 0 Å². The second-order valence-corrected chi connectivity index (χ2v) is 5.01. The Kier molecular flexibility index (Phi) is 3.54. The van der Waals surface area contributed by atoms with Gasteiger partial charge in [0.25, 0.3) is 11.8 Å². The molecule has 0 radical (unpaired) electrons. The maximum atomic E-state index is 12.4. The molecular formula is C17H16N2O2. The van der Waals surface area contributed by atoms with Gasteiger partial charge in [0.2, 0.25) is 0 Å². The topological polar surface area (TPSA) is 49.4 Å². The molecule has 21 heavy (non-hydrogen) atoms. The predicted molar refractivity (Wildman–Crippen MR) is 81.7 cm³/mol. The van der Waals surface area contributed by atoms with Crippen LogP contribution in [0.15, 0.2) is 48.5 Å². The van der Waals surface area contributed by atoms with Crippen LogP contribution in [0.1, 0.15) is 26.3 Å². The molecule has 0 bridgehead atoms. The standard InChI is InChI=1S/C17H16N2O2/c1-18-11-10-12-6-8-13(9-7-12)19-16(20)14-4-2-3-5-15(14)17(19)21/h2-9,18H,10-11H2,1H3. The lowest BCUT2D eigenvalue weighted by Gasteiger charge is -2.14. The minimum Gasteiger partial charge on any atom is -0.319 e. The van der Waals surface area contributed by atoms with Crippen LogP contribution in [0.25, 0.3) is 0 Å². The highest BCUT2D eigenvalue weighted by Crippen LogP contribution is 2.28. The Morgan fingerprint density at radius 2 is 1.48 bits per heavy atom. The summed E-state index contributed by atoms with van der Waals surface area (Å²) in [6.07, 6.45) is 0.916. The van der Waals surface area contributed by atoms with E-state index in [1.807, 2.05) is 31.3 Å². The van der Waals surface area contributed by atoms with E-state index in [0.29, 0.717) is 16.8 Å². The number of carbonyl (C=O) groups excluding carboxylic acids is 2. The van der Waals surface area contributed by atoms with Crippen LogP contribution in [-0.4, -0.2) is 25.4 Å². The normalized spacial score (nSPS) is 13.7. The number of imide groups is 1. The Morgan fingerprint density at radius 1 is 0.905 bits per heavy atom. The first kappa shape index (κ1) is 13.5. The average molecular weight is 280 g/mol. The van der Waals surface area contributed by atoms with Gasteiger partial charge in [0.05, 0.1) is 16.8 Å². The Labute approximate surface area is 123 Å². The number of likely N-dealkylation sites (N-methyl/N-ethyl adjacent to an activating group) is 1. The molecule has 1 N–H and O–H groups in total. The van der Waals surface area contributed by atoms with Crippen LogP contribution in [0.3, 0.4) is 0 Å². The minimum absolute atomic E-state index is 0.251. The molecule has 0 fully saturated rings. The van der Waals surface area contributed by atoms with E-state index in [4.69, 9.17) is 0 Å². The summed E-state index contributed by atoms with van der Waals surface area (Å²) in [5.74, 6) is -0.503. The summed E-state index contributed by atoms with van der Waals surface area (Å²) in [6.45, 7) is 0.895. The number of hydrogen-bond donors (Lipinski definition) is 1.